The third kappa shape index (κ3) is 3.41. The summed E-state index contributed by atoms with van der Waals surface area (Å²) in [5.41, 5.74) is 7.02. The molecule has 2 N–H and O–H groups in total. The van der Waals surface area contributed by atoms with Crippen LogP contribution in [0.2, 0.25) is 0 Å². The van der Waals surface area contributed by atoms with Gasteiger partial charge in [-0.05, 0) is 45.7 Å². The zero-order valence-electron chi connectivity index (χ0n) is 12.9. The predicted molar refractivity (Wildman–Crippen MR) is 84.1 cm³/mol. The first-order valence-corrected chi connectivity index (χ1v) is 7.75. The number of hydrogen-bond donors (Lipinski definition) is 1. The van der Waals surface area contributed by atoms with Crippen molar-refractivity contribution in [3.8, 4) is 0 Å². The highest BCUT2D eigenvalue weighted by Crippen LogP contribution is 2.39. The van der Waals surface area contributed by atoms with Crippen LogP contribution in [0.25, 0.3) is 0 Å². The summed E-state index contributed by atoms with van der Waals surface area (Å²) >= 11 is 0. The molecular formula is C16H25N3O2. The van der Waals surface area contributed by atoms with E-state index < -0.39 is 0 Å². The van der Waals surface area contributed by atoms with E-state index in [0.717, 1.165) is 31.4 Å². The summed E-state index contributed by atoms with van der Waals surface area (Å²) in [6, 6.07) is 7.51. The Hall–Kier alpha value is -1.46. The number of nitro groups is 1. The molecule has 5 heteroatoms. The van der Waals surface area contributed by atoms with Crippen LogP contribution in [0.4, 0.5) is 5.69 Å². The molecule has 0 aliphatic carbocycles. The average Bonchev–Trinajstić information content (AvgIpc) is 2.69. The fraction of sp³-hybridized carbons (Fsp3) is 0.625. The lowest BCUT2D eigenvalue weighted by Crippen LogP contribution is -2.40. The molecule has 1 heterocycles. The number of nitrogens with two attached hydrogens (primary N) is 1. The first kappa shape index (κ1) is 15.9. The van der Waals surface area contributed by atoms with Crippen LogP contribution < -0.4 is 5.73 Å². The Morgan fingerprint density at radius 1 is 1.38 bits per heavy atom. The average molecular weight is 291 g/mol. The van der Waals surface area contributed by atoms with Gasteiger partial charge in [0.1, 0.15) is 0 Å². The predicted octanol–water partition coefficient (Wildman–Crippen LogP) is 3.11. The largest absolute Gasteiger partial charge is 0.330 e. The van der Waals surface area contributed by atoms with Crippen molar-refractivity contribution in [1.82, 2.24) is 4.90 Å². The maximum Gasteiger partial charge on any atom is 0.274 e. The van der Waals surface area contributed by atoms with Gasteiger partial charge in [0, 0.05) is 23.7 Å². The molecule has 0 saturated carbocycles. The number of rotatable bonds is 4. The van der Waals surface area contributed by atoms with Gasteiger partial charge in [-0.15, -0.1) is 0 Å². The summed E-state index contributed by atoms with van der Waals surface area (Å²) in [5.74, 6) is 0.274. The molecule has 0 bridgehead atoms. The molecule has 1 saturated heterocycles. The Morgan fingerprint density at radius 2 is 2.10 bits per heavy atom. The number of nitrogens with zero attached hydrogens (tertiary/aromatic N) is 2. The Morgan fingerprint density at radius 3 is 2.71 bits per heavy atom. The van der Waals surface area contributed by atoms with Gasteiger partial charge in [0.05, 0.1) is 4.92 Å². The van der Waals surface area contributed by atoms with E-state index in [1.165, 1.54) is 0 Å². The maximum absolute atomic E-state index is 11.4. The normalized spacial score (nSPS) is 24.0. The van der Waals surface area contributed by atoms with Gasteiger partial charge in [-0.1, -0.05) is 24.6 Å². The molecule has 5 nitrogen and oxygen atoms in total. The Labute approximate surface area is 126 Å². The quantitative estimate of drug-likeness (QED) is 0.683. The van der Waals surface area contributed by atoms with E-state index in [1.54, 1.807) is 12.1 Å². The minimum absolute atomic E-state index is 0.0408. The van der Waals surface area contributed by atoms with E-state index in [0.29, 0.717) is 12.6 Å². The molecule has 0 spiro atoms. The molecular weight excluding hydrogens is 266 g/mol. The Kier molecular flexibility index (Phi) is 5.31. The summed E-state index contributed by atoms with van der Waals surface area (Å²) < 4.78 is 0. The molecule has 1 aliphatic heterocycles. The monoisotopic (exact) mass is 291 g/mol. The van der Waals surface area contributed by atoms with Gasteiger partial charge in [0.25, 0.3) is 5.69 Å². The third-order valence-electron chi connectivity index (χ3n) is 4.46. The Balaban J connectivity index is 2.50. The van der Waals surface area contributed by atoms with Crippen molar-refractivity contribution < 1.29 is 4.92 Å². The molecule has 1 aliphatic rings. The van der Waals surface area contributed by atoms with Gasteiger partial charge in [-0.3, -0.25) is 15.0 Å². The lowest BCUT2D eigenvalue weighted by molar-refractivity contribution is -0.386. The summed E-state index contributed by atoms with van der Waals surface area (Å²) in [6.07, 6.45) is 3.31. The second kappa shape index (κ2) is 7.00. The fourth-order valence-corrected chi connectivity index (χ4v) is 3.43. The molecule has 1 fully saturated rings. The van der Waals surface area contributed by atoms with Crippen LogP contribution >= 0.6 is 0 Å². The number of para-hydroxylation sites is 1. The van der Waals surface area contributed by atoms with Gasteiger partial charge < -0.3 is 5.73 Å². The number of hydrogen-bond acceptors (Lipinski definition) is 4. The van der Waals surface area contributed by atoms with Crippen LogP contribution in [0.1, 0.15) is 44.7 Å². The van der Waals surface area contributed by atoms with E-state index in [2.05, 4.69) is 18.7 Å². The SMILES string of the molecule is CC(C)N1CCCCC(CN)C1c1ccccc1[N+](=O)[O-]. The molecule has 21 heavy (non-hydrogen) atoms. The lowest BCUT2D eigenvalue weighted by Gasteiger charge is -2.37. The van der Waals surface area contributed by atoms with Crippen LogP contribution in [0.5, 0.6) is 0 Å². The van der Waals surface area contributed by atoms with Crippen molar-refractivity contribution in [3.63, 3.8) is 0 Å². The number of benzene rings is 1. The second-order valence-electron chi connectivity index (χ2n) is 6.08. The third-order valence-corrected chi connectivity index (χ3v) is 4.46. The molecule has 0 aromatic heterocycles. The molecule has 2 rings (SSSR count). The van der Waals surface area contributed by atoms with Gasteiger partial charge in [-0.25, -0.2) is 0 Å². The van der Waals surface area contributed by atoms with E-state index in [-0.39, 0.29) is 22.6 Å². The summed E-state index contributed by atoms with van der Waals surface area (Å²) in [4.78, 5) is 13.5. The highest BCUT2D eigenvalue weighted by Gasteiger charge is 2.35. The zero-order valence-corrected chi connectivity index (χ0v) is 12.9. The molecule has 2 atom stereocenters. The maximum atomic E-state index is 11.4. The molecule has 2 unspecified atom stereocenters. The first-order chi connectivity index (χ1) is 10.1. The topological polar surface area (TPSA) is 72.4 Å². The van der Waals surface area contributed by atoms with Crippen LogP contribution in [-0.4, -0.2) is 29.0 Å². The van der Waals surface area contributed by atoms with Gasteiger partial charge in [0.15, 0.2) is 0 Å². The number of nitro benzene ring substituents is 1. The van der Waals surface area contributed by atoms with E-state index >= 15 is 0 Å². The van der Waals surface area contributed by atoms with E-state index in [9.17, 15) is 10.1 Å². The fourth-order valence-electron chi connectivity index (χ4n) is 3.43. The molecule has 0 radical (unpaired) electrons. The van der Waals surface area contributed by atoms with Crippen molar-refractivity contribution in [3.05, 3.63) is 39.9 Å². The highest BCUT2D eigenvalue weighted by molar-refractivity contribution is 5.42. The van der Waals surface area contributed by atoms with Crippen molar-refractivity contribution in [2.45, 2.75) is 45.2 Å². The first-order valence-electron chi connectivity index (χ1n) is 7.75. The minimum atomic E-state index is -0.272. The van der Waals surface area contributed by atoms with Crippen molar-refractivity contribution in [2.24, 2.45) is 11.7 Å². The van der Waals surface area contributed by atoms with Gasteiger partial charge in [-0.2, -0.15) is 0 Å². The summed E-state index contributed by atoms with van der Waals surface area (Å²) in [6.45, 7) is 5.85. The van der Waals surface area contributed by atoms with Gasteiger partial charge >= 0.3 is 0 Å². The second-order valence-corrected chi connectivity index (χ2v) is 6.08. The standard InChI is InChI=1S/C16H25N3O2/c1-12(2)18-10-6-5-7-13(11-17)16(18)14-8-3-4-9-15(14)19(20)21/h3-4,8-9,12-13,16H,5-7,10-11,17H2,1-2H3. The molecule has 1 aromatic rings. The van der Waals surface area contributed by atoms with E-state index in [1.807, 2.05) is 12.1 Å². The molecule has 0 amide bonds. The molecule has 116 valence electrons. The van der Waals surface area contributed by atoms with Crippen LogP contribution in [0.15, 0.2) is 24.3 Å². The van der Waals surface area contributed by atoms with Crippen molar-refractivity contribution in [1.29, 1.82) is 0 Å². The van der Waals surface area contributed by atoms with Gasteiger partial charge in [0.2, 0.25) is 0 Å². The van der Waals surface area contributed by atoms with Crippen molar-refractivity contribution >= 4 is 5.69 Å². The number of likely N-dealkylation sites (tertiary alicyclic amines) is 1. The van der Waals surface area contributed by atoms with Crippen LogP contribution in [0, 0.1) is 16.0 Å². The van der Waals surface area contributed by atoms with Crippen LogP contribution in [0.3, 0.4) is 0 Å². The van der Waals surface area contributed by atoms with Crippen LogP contribution in [-0.2, 0) is 0 Å². The summed E-state index contributed by atoms with van der Waals surface area (Å²) in [5, 5.41) is 11.4. The van der Waals surface area contributed by atoms with Crippen molar-refractivity contribution in [2.75, 3.05) is 13.1 Å². The summed E-state index contributed by atoms with van der Waals surface area (Å²) in [7, 11) is 0. The molecule has 1 aromatic carbocycles. The van der Waals surface area contributed by atoms with E-state index in [4.69, 9.17) is 5.73 Å². The lowest BCUT2D eigenvalue weighted by atomic mass is 9.88. The zero-order chi connectivity index (χ0) is 15.4. The smallest absolute Gasteiger partial charge is 0.274 e. The minimum Gasteiger partial charge on any atom is -0.330 e. The Bertz CT molecular complexity index is 490. The highest BCUT2D eigenvalue weighted by atomic mass is 16.6.